The van der Waals surface area contributed by atoms with Gasteiger partial charge in [0, 0.05) is 25.7 Å². The van der Waals surface area contributed by atoms with Gasteiger partial charge in [0.1, 0.15) is 5.82 Å². The maximum atomic E-state index is 14.0. The van der Waals surface area contributed by atoms with Gasteiger partial charge in [0.25, 0.3) is 5.91 Å². The number of amides is 1. The summed E-state index contributed by atoms with van der Waals surface area (Å²) in [6.07, 6.45) is 5.23. The van der Waals surface area contributed by atoms with E-state index >= 15 is 0 Å². The van der Waals surface area contributed by atoms with Gasteiger partial charge < -0.3 is 10.2 Å². The molecule has 1 amide bonds. The molecule has 1 aromatic rings. The first-order valence-electron chi connectivity index (χ1n) is 8.23. The van der Waals surface area contributed by atoms with E-state index in [1.165, 1.54) is 31.7 Å². The van der Waals surface area contributed by atoms with E-state index in [1.807, 2.05) is 0 Å². The van der Waals surface area contributed by atoms with E-state index < -0.39 is 0 Å². The Balaban J connectivity index is 1.65. The van der Waals surface area contributed by atoms with Crippen molar-refractivity contribution in [1.82, 2.24) is 5.32 Å². The molecular weight excluding hydrogens is 279 g/mol. The summed E-state index contributed by atoms with van der Waals surface area (Å²) in [4.78, 5) is 14.1. The van der Waals surface area contributed by atoms with Crippen molar-refractivity contribution in [2.24, 2.45) is 17.8 Å². The monoisotopic (exact) mass is 304 g/mol. The number of nitrogens with zero attached hydrogens (tertiary/aromatic N) is 1. The molecule has 0 radical (unpaired) electrons. The number of halogens is 1. The molecule has 0 aliphatic heterocycles. The number of carbonyl (C=O) groups is 1. The van der Waals surface area contributed by atoms with Gasteiger partial charge in [0.15, 0.2) is 0 Å². The van der Waals surface area contributed by atoms with Crippen LogP contribution in [0.15, 0.2) is 18.2 Å². The van der Waals surface area contributed by atoms with E-state index in [1.54, 1.807) is 31.1 Å². The van der Waals surface area contributed by atoms with E-state index in [9.17, 15) is 9.18 Å². The molecule has 0 aromatic heterocycles. The molecule has 120 valence electrons. The molecule has 1 aromatic carbocycles. The second kappa shape index (κ2) is 5.90. The van der Waals surface area contributed by atoms with Crippen molar-refractivity contribution in [3.63, 3.8) is 0 Å². The summed E-state index contributed by atoms with van der Waals surface area (Å²) in [6.45, 7) is 2.09. The molecule has 4 atom stereocenters. The lowest BCUT2D eigenvalue weighted by Gasteiger charge is -2.28. The molecule has 3 rings (SSSR count). The van der Waals surface area contributed by atoms with E-state index in [2.05, 4.69) is 12.2 Å². The van der Waals surface area contributed by atoms with Gasteiger partial charge in [-0.3, -0.25) is 4.79 Å². The molecule has 2 bridgehead atoms. The van der Waals surface area contributed by atoms with Gasteiger partial charge in [-0.25, -0.2) is 4.39 Å². The SMILES string of the molecule is C[C@H](NC(=O)c1ccc(N(C)C)c(F)c1)[C@@H]1C[C@H]2CC[C@H]1C2. The van der Waals surface area contributed by atoms with E-state index in [-0.39, 0.29) is 17.8 Å². The maximum Gasteiger partial charge on any atom is 0.251 e. The molecule has 0 spiro atoms. The summed E-state index contributed by atoms with van der Waals surface area (Å²) in [5.74, 6) is 1.71. The highest BCUT2D eigenvalue weighted by Gasteiger charge is 2.42. The third-order valence-corrected chi connectivity index (χ3v) is 5.49. The number of carbonyl (C=O) groups excluding carboxylic acids is 1. The fourth-order valence-corrected chi connectivity index (χ4v) is 4.31. The molecule has 0 unspecified atom stereocenters. The van der Waals surface area contributed by atoms with Crippen molar-refractivity contribution in [3.8, 4) is 0 Å². The zero-order valence-electron chi connectivity index (χ0n) is 13.6. The second-order valence-corrected chi connectivity index (χ2v) is 7.16. The van der Waals surface area contributed by atoms with Gasteiger partial charge in [-0.05, 0) is 62.1 Å². The van der Waals surface area contributed by atoms with Crippen molar-refractivity contribution in [3.05, 3.63) is 29.6 Å². The highest BCUT2D eigenvalue weighted by molar-refractivity contribution is 5.94. The molecule has 4 heteroatoms. The Kier molecular flexibility index (Phi) is 4.11. The lowest BCUT2D eigenvalue weighted by atomic mass is 9.84. The Morgan fingerprint density at radius 2 is 2.09 bits per heavy atom. The van der Waals surface area contributed by atoms with Gasteiger partial charge in [-0.2, -0.15) is 0 Å². The van der Waals surface area contributed by atoms with Crippen LogP contribution in [0.5, 0.6) is 0 Å². The summed E-state index contributed by atoms with van der Waals surface area (Å²) in [6, 6.07) is 4.85. The van der Waals surface area contributed by atoms with Gasteiger partial charge in [0.05, 0.1) is 5.69 Å². The Morgan fingerprint density at radius 3 is 2.64 bits per heavy atom. The molecule has 0 saturated heterocycles. The van der Waals surface area contributed by atoms with Crippen LogP contribution in [0.3, 0.4) is 0 Å². The standard InChI is InChI=1S/C18H25FN2O/c1-11(15-9-12-4-5-13(15)8-12)20-18(22)14-6-7-17(21(2)3)16(19)10-14/h6-7,10-13,15H,4-5,8-9H2,1-3H3,(H,20,22)/t11-,12-,13-,15-/m0/s1. The minimum atomic E-state index is -0.356. The highest BCUT2D eigenvalue weighted by atomic mass is 19.1. The van der Waals surface area contributed by atoms with Gasteiger partial charge >= 0.3 is 0 Å². The van der Waals surface area contributed by atoms with Crippen LogP contribution >= 0.6 is 0 Å². The Bertz CT molecular complexity index is 572. The van der Waals surface area contributed by atoms with Gasteiger partial charge in [-0.15, -0.1) is 0 Å². The van der Waals surface area contributed by atoms with Crippen LogP contribution in [-0.2, 0) is 0 Å². The lowest BCUT2D eigenvalue weighted by molar-refractivity contribution is 0.0915. The third kappa shape index (κ3) is 2.83. The molecule has 2 aliphatic carbocycles. The largest absolute Gasteiger partial charge is 0.375 e. The normalized spacial score (nSPS) is 27.7. The van der Waals surface area contributed by atoms with Gasteiger partial charge in [-0.1, -0.05) is 6.42 Å². The average molecular weight is 304 g/mol. The third-order valence-electron chi connectivity index (χ3n) is 5.49. The Labute approximate surface area is 131 Å². The van der Waals surface area contributed by atoms with Crippen LogP contribution in [0.25, 0.3) is 0 Å². The van der Waals surface area contributed by atoms with Gasteiger partial charge in [0.2, 0.25) is 0 Å². The van der Waals surface area contributed by atoms with Crippen LogP contribution in [-0.4, -0.2) is 26.0 Å². The van der Waals surface area contributed by atoms with Crippen LogP contribution in [0.2, 0.25) is 0 Å². The Hall–Kier alpha value is -1.58. The minimum Gasteiger partial charge on any atom is -0.375 e. The number of fused-ring (bicyclic) bond motifs is 2. The van der Waals surface area contributed by atoms with Crippen LogP contribution < -0.4 is 10.2 Å². The molecular formula is C18H25FN2O. The minimum absolute atomic E-state index is 0.166. The highest BCUT2D eigenvalue weighted by Crippen LogP contribution is 2.49. The molecule has 2 aliphatic rings. The quantitative estimate of drug-likeness (QED) is 0.924. The first kappa shape index (κ1) is 15.3. The number of hydrogen-bond acceptors (Lipinski definition) is 2. The molecule has 1 N–H and O–H groups in total. The number of anilines is 1. The van der Waals surface area contributed by atoms with E-state index in [4.69, 9.17) is 0 Å². The molecule has 3 nitrogen and oxygen atoms in total. The summed E-state index contributed by atoms with van der Waals surface area (Å²) >= 11 is 0. The predicted octanol–water partition coefficient (Wildman–Crippen LogP) is 3.45. The zero-order valence-corrected chi connectivity index (χ0v) is 13.6. The molecule has 2 fully saturated rings. The van der Waals surface area contributed by atoms with Crippen molar-refractivity contribution in [2.45, 2.75) is 38.6 Å². The Morgan fingerprint density at radius 1 is 1.32 bits per heavy atom. The molecule has 2 saturated carbocycles. The molecule has 22 heavy (non-hydrogen) atoms. The summed E-state index contributed by atoms with van der Waals surface area (Å²) < 4.78 is 14.0. The van der Waals surface area contributed by atoms with Crippen LogP contribution in [0, 0.1) is 23.6 Å². The van der Waals surface area contributed by atoms with Crippen molar-refractivity contribution in [1.29, 1.82) is 0 Å². The van der Waals surface area contributed by atoms with Crippen molar-refractivity contribution >= 4 is 11.6 Å². The number of nitrogens with one attached hydrogen (secondary N) is 1. The second-order valence-electron chi connectivity index (χ2n) is 7.16. The smallest absolute Gasteiger partial charge is 0.251 e. The zero-order chi connectivity index (χ0) is 15.9. The number of hydrogen-bond donors (Lipinski definition) is 1. The lowest BCUT2D eigenvalue weighted by Crippen LogP contribution is -2.40. The van der Waals surface area contributed by atoms with Crippen LogP contribution in [0.1, 0.15) is 43.0 Å². The summed E-state index contributed by atoms with van der Waals surface area (Å²) in [7, 11) is 3.57. The van der Waals surface area contributed by atoms with E-state index in [0.717, 1.165) is 11.8 Å². The average Bonchev–Trinajstić information content (AvgIpc) is 3.09. The number of benzene rings is 1. The maximum absolute atomic E-state index is 14.0. The fourth-order valence-electron chi connectivity index (χ4n) is 4.31. The first-order valence-corrected chi connectivity index (χ1v) is 8.23. The van der Waals surface area contributed by atoms with Crippen molar-refractivity contribution < 1.29 is 9.18 Å². The topological polar surface area (TPSA) is 32.3 Å². The predicted molar refractivity (Wildman–Crippen MR) is 86.6 cm³/mol. The number of rotatable bonds is 4. The molecule has 0 heterocycles. The van der Waals surface area contributed by atoms with E-state index in [0.29, 0.717) is 17.2 Å². The fraction of sp³-hybridized carbons (Fsp3) is 0.611. The summed E-state index contributed by atoms with van der Waals surface area (Å²) in [5, 5.41) is 3.08. The summed E-state index contributed by atoms with van der Waals surface area (Å²) in [5.41, 5.74) is 0.899. The first-order chi connectivity index (χ1) is 10.5. The van der Waals surface area contributed by atoms with Crippen molar-refractivity contribution in [2.75, 3.05) is 19.0 Å². The van der Waals surface area contributed by atoms with Crippen LogP contribution in [0.4, 0.5) is 10.1 Å².